The Kier molecular flexibility index (Phi) is 5.46. The van der Waals surface area contributed by atoms with Gasteiger partial charge in [-0.1, -0.05) is 35.9 Å². The maximum atomic E-state index is 6.05. The molecule has 0 fully saturated rings. The minimum Gasteiger partial charge on any atom is -0.496 e. The van der Waals surface area contributed by atoms with E-state index in [1.54, 1.807) is 7.11 Å². The molecule has 1 atom stereocenters. The van der Waals surface area contributed by atoms with Crippen molar-refractivity contribution in [3.8, 4) is 5.75 Å². The van der Waals surface area contributed by atoms with Crippen LogP contribution in [0.5, 0.6) is 5.75 Å². The molecule has 0 saturated heterocycles. The third-order valence-corrected chi connectivity index (χ3v) is 4.52. The zero-order chi connectivity index (χ0) is 14.5. The Morgan fingerprint density at radius 2 is 2.00 bits per heavy atom. The summed E-state index contributed by atoms with van der Waals surface area (Å²) in [6, 6.07) is 14.3. The molecule has 0 amide bonds. The number of hydrogen-bond acceptors (Lipinski definition) is 2. The van der Waals surface area contributed by atoms with Crippen LogP contribution in [0.3, 0.4) is 0 Å². The van der Waals surface area contributed by atoms with Gasteiger partial charge in [-0.25, -0.2) is 0 Å². The summed E-state index contributed by atoms with van der Waals surface area (Å²) in [7, 11) is 3.66. The fraction of sp³-hybridized carbons (Fsp3) is 0.250. The first-order valence-electron chi connectivity index (χ1n) is 6.39. The van der Waals surface area contributed by atoms with Gasteiger partial charge < -0.3 is 10.1 Å². The van der Waals surface area contributed by atoms with Crippen molar-refractivity contribution < 1.29 is 4.74 Å². The van der Waals surface area contributed by atoms with E-state index < -0.39 is 0 Å². The van der Waals surface area contributed by atoms with Crippen molar-refractivity contribution in [1.29, 1.82) is 0 Å². The number of nitrogens with one attached hydrogen (secondary N) is 1. The van der Waals surface area contributed by atoms with Gasteiger partial charge in [0.05, 0.1) is 12.1 Å². The summed E-state index contributed by atoms with van der Waals surface area (Å²) in [5.41, 5.74) is 2.37. The predicted molar refractivity (Wildman–Crippen MR) is 87.7 cm³/mol. The maximum Gasteiger partial charge on any atom is 0.122 e. The molecule has 106 valence electrons. The van der Waals surface area contributed by atoms with Gasteiger partial charge in [-0.3, -0.25) is 0 Å². The van der Waals surface area contributed by atoms with Gasteiger partial charge in [0.1, 0.15) is 5.75 Å². The van der Waals surface area contributed by atoms with Crippen molar-refractivity contribution >= 4 is 27.5 Å². The van der Waals surface area contributed by atoms with E-state index in [9.17, 15) is 0 Å². The quantitative estimate of drug-likeness (QED) is 0.846. The van der Waals surface area contributed by atoms with Crippen LogP contribution in [0.2, 0.25) is 5.02 Å². The third kappa shape index (κ3) is 3.54. The maximum absolute atomic E-state index is 6.05. The number of likely N-dealkylation sites (N-methyl/N-ethyl adjacent to an activating group) is 1. The molecule has 1 N–H and O–H groups in total. The fourth-order valence-corrected chi connectivity index (χ4v) is 2.72. The SMILES string of the molecule is CNC(Cc1ccccc1OC)c1ccc(Cl)c(Br)c1. The lowest BCUT2D eigenvalue weighted by molar-refractivity contribution is 0.406. The number of methoxy groups -OCH3 is 1. The average molecular weight is 355 g/mol. The standard InChI is InChI=1S/C16H17BrClNO/c1-19-15(11-7-8-14(18)13(17)9-11)10-12-5-3-4-6-16(12)20-2/h3-9,15,19H,10H2,1-2H3. The summed E-state index contributed by atoms with van der Waals surface area (Å²) < 4.78 is 6.33. The normalized spacial score (nSPS) is 12.2. The zero-order valence-corrected chi connectivity index (χ0v) is 13.8. The van der Waals surface area contributed by atoms with Crippen LogP contribution in [-0.2, 0) is 6.42 Å². The molecular formula is C16H17BrClNO. The summed E-state index contributed by atoms with van der Waals surface area (Å²) in [5, 5.41) is 4.07. The second-order valence-corrected chi connectivity index (χ2v) is 5.79. The van der Waals surface area contributed by atoms with E-state index in [2.05, 4.69) is 33.4 Å². The van der Waals surface area contributed by atoms with Crippen LogP contribution in [0.4, 0.5) is 0 Å². The summed E-state index contributed by atoms with van der Waals surface area (Å²) in [6.07, 6.45) is 0.856. The Morgan fingerprint density at radius 1 is 1.25 bits per heavy atom. The highest BCUT2D eigenvalue weighted by Crippen LogP contribution is 2.29. The Balaban J connectivity index is 2.26. The number of benzene rings is 2. The van der Waals surface area contributed by atoms with E-state index in [1.165, 1.54) is 11.1 Å². The second kappa shape index (κ2) is 7.11. The molecule has 0 radical (unpaired) electrons. The highest BCUT2D eigenvalue weighted by Gasteiger charge is 2.14. The molecule has 0 heterocycles. The highest BCUT2D eigenvalue weighted by molar-refractivity contribution is 9.10. The summed E-state index contributed by atoms with van der Waals surface area (Å²) in [6.45, 7) is 0. The third-order valence-electron chi connectivity index (χ3n) is 3.31. The van der Waals surface area contributed by atoms with Crippen LogP contribution in [-0.4, -0.2) is 14.2 Å². The van der Waals surface area contributed by atoms with Gasteiger partial charge in [0.2, 0.25) is 0 Å². The van der Waals surface area contributed by atoms with Gasteiger partial charge >= 0.3 is 0 Å². The lowest BCUT2D eigenvalue weighted by Crippen LogP contribution is -2.19. The molecule has 0 aliphatic heterocycles. The lowest BCUT2D eigenvalue weighted by Gasteiger charge is -2.19. The van der Waals surface area contributed by atoms with Crippen LogP contribution in [0, 0.1) is 0 Å². The molecule has 0 aromatic heterocycles. The molecule has 20 heavy (non-hydrogen) atoms. The van der Waals surface area contributed by atoms with E-state index in [0.29, 0.717) is 0 Å². The van der Waals surface area contributed by atoms with Crippen molar-refractivity contribution in [3.63, 3.8) is 0 Å². The van der Waals surface area contributed by atoms with Crippen LogP contribution in [0.25, 0.3) is 0 Å². The molecule has 0 aliphatic carbocycles. The van der Waals surface area contributed by atoms with E-state index in [-0.39, 0.29) is 6.04 Å². The summed E-state index contributed by atoms with van der Waals surface area (Å²) in [4.78, 5) is 0. The number of rotatable bonds is 5. The molecule has 2 aromatic rings. The Morgan fingerprint density at radius 3 is 2.65 bits per heavy atom. The van der Waals surface area contributed by atoms with Crippen molar-refractivity contribution in [2.45, 2.75) is 12.5 Å². The molecule has 2 nitrogen and oxygen atoms in total. The number of ether oxygens (including phenoxy) is 1. The molecule has 1 unspecified atom stereocenters. The number of hydrogen-bond donors (Lipinski definition) is 1. The summed E-state index contributed by atoms with van der Waals surface area (Å²) >= 11 is 9.52. The van der Waals surface area contributed by atoms with Gasteiger partial charge in [-0.15, -0.1) is 0 Å². The van der Waals surface area contributed by atoms with Gasteiger partial charge in [0.25, 0.3) is 0 Å². The van der Waals surface area contributed by atoms with Crippen molar-refractivity contribution in [3.05, 3.63) is 63.1 Å². The smallest absolute Gasteiger partial charge is 0.122 e. The Bertz CT molecular complexity index is 588. The van der Waals surface area contributed by atoms with Gasteiger partial charge in [0, 0.05) is 10.5 Å². The Labute approximate surface area is 133 Å². The molecule has 2 aromatic carbocycles. The van der Waals surface area contributed by atoms with Gasteiger partial charge in [-0.2, -0.15) is 0 Å². The van der Waals surface area contributed by atoms with E-state index in [4.69, 9.17) is 16.3 Å². The molecular weight excluding hydrogens is 338 g/mol. The second-order valence-electron chi connectivity index (χ2n) is 4.53. The molecule has 0 bridgehead atoms. The van der Waals surface area contributed by atoms with Gasteiger partial charge in [0.15, 0.2) is 0 Å². The predicted octanol–water partition coefficient (Wildman–Crippen LogP) is 4.61. The molecule has 0 saturated carbocycles. The topological polar surface area (TPSA) is 21.3 Å². The molecule has 2 rings (SSSR count). The first kappa shape index (κ1) is 15.4. The van der Waals surface area contributed by atoms with Gasteiger partial charge in [-0.05, 0) is 58.7 Å². The first-order valence-corrected chi connectivity index (χ1v) is 7.57. The minimum atomic E-state index is 0.208. The van der Waals surface area contributed by atoms with E-state index >= 15 is 0 Å². The minimum absolute atomic E-state index is 0.208. The number of para-hydroxylation sites is 1. The monoisotopic (exact) mass is 353 g/mol. The van der Waals surface area contributed by atoms with Crippen molar-refractivity contribution in [2.75, 3.05) is 14.2 Å². The number of halogens is 2. The summed E-state index contributed by atoms with van der Waals surface area (Å²) in [5.74, 6) is 0.917. The van der Waals surface area contributed by atoms with Crippen LogP contribution >= 0.6 is 27.5 Å². The van der Waals surface area contributed by atoms with Crippen molar-refractivity contribution in [2.24, 2.45) is 0 Å². The molecule has 0 spiro atoms. The largest absolute Gasteiger partial charge is 0.496 e. The average Bonchev–Trinajstić information content (AvgIpc) is 2.48. The highest BCUT2D eigenvalue weighted by atomic mass is 79.9. The fourth-order valence-electron chi connectivity index (χ4n) is 2.21. The van der Waals surface area contributed by atoms with Crippen LogP contribution < -0.4 is 10.1 Å². The van der Waals surface area contributed by atoms with Crippen LogP contribution in [0.15, 0.2) is 46.9 Å². The molecule has 4 heteroatoms. The van der Waals surface area contributed by atoms with Crippen molar-refractivity contribution in [1.82, 2.24) is 5.32 Å². The molecule has 0 aliphatic rings. The van der Waals surface area contributed by atoms with E-state index in [1.807, 2.05) is 37.4 Å². The van der Waals surface area contributed by atoms with E-state index in [0.717, 1.165) is 21.7 Å². The lowest BCUT2D eigenvalue weighted by atomic mass is 9.98. The zero-order valence-electron chi connectivity index (χ0n) is 11.5. The van der Waals surface area contributed by atoms with Crippen LogP contribution in [0.1, 0.15) is 17.2 Å². The Hall–Kier alpha value is -1.03. The first-order chi connectivity index (χ1) is 9.65.